The van der Waals surface area contributed by atoms with Crippen LogP contribution in [0, 0.1) is 25.7 Å². The number of hydrogen-bond acceptors (Lipinski definition) is 15. The summed E-state index contributed by atoms with van der Waals surface area (Å²) in [6.07, 6.45) is 7.93. The van der Waals surface area contributed by atoms with Crippen molar-refractivity contribution in [3.8, 4) is 22.3 Å². The first-order valence-electron chi connectivity index (χ1n) is 25.4. The summed E-state index contributed by atoms with van der Waals surface area (Å²) in [6, 6.07) is 26.0. The number of nitrogens with zero attached hydrogens (tertiary/aromatic N) is 8. The van der Waals surface area contributed by atoms with E-state index < -0.39 is 35.5 Å². The second-order valence-electron chi connectivity index (χ2n) is 19.2. The molecule has 0 aliphatic carbocycles. The Hall–Kier alpha value is -9.76. The van der Waals surface area contributed by atoms with Crippen LogP contribution in [0.15, 0.2) is 116 Å². The summed E-state index contributed by atoms with van der Waals surface area (Å²) in [5, 5.41) is 19.7. The van der Waals surface area contributed by atoms with Gasteiger partial charge in [0, 0.05) is 85.6 Å². The summed E-state index contributed by atoms with van der Waals surface area (Å²) in [5.74, 6) is -2.51. The molecule has 4 aliphatic heterocycles. The largest absolute Gasteiger partial charge is 0.352 e. The molecule has 400 valence electrons. The van der Waals surface area contributed by atoms with Gasteiger partial charge in [-0.3, -0.25) is 24.0 Å². The third-order valence-corrected chi connectivity index (χ3v) is 13.4. The van der Waals surface area contributed by atoms with Crippen molar-refractivity contribution in [2.24, 2.45) is 0 Å². The minimum Gasteiger partial charge on any atom is -0.352 e. The molecule has 0 fully saturated rings. The van der Waals surface area contributed by atoms with Crippen LogP contribution in [0.1, 0.15) is 82.1 Å². The Morgan fingerprint density at radius 2 is 1.14 bits per heavy atom. The average molecular weight is 1070 g/mol. The fourth-order valence-electron chi connectivity index (χ4n) is 9.17. The number of anilines is 8. The van der Waals surface area contributed by atoms with Gasteiger partial charge >= 0.3 is 0 Å². The van der Waals surface area contributed by atoms with Crippen LogP contribution in [0.3, 0.4) is 0 Å². The molecule has 19 nitrogen and oxygen atoms in total. The van der Waals surface area contributed by atoms with Gasteiger partial charge in [0.15, 0.2) is 0 Å². The number of aryl methyl sites for hydroxylation is 4. The van der Waals surface area contributed by atoms with E-state index in [2.05, 4.69) is 61.8 Å². The smallest absolute Gasteiger partial charge is 0.278 e. The Bertz CT molecular complexity index is 3710. The number of hydrogen-bond donors (Lipinski definition) is 6. The molecule has 6 N–H and O–H groups in total. The Balaban J connectivity index is 0.987. The maximum Gasteiger partial charge on any atom is 0.278 e. The molecule has 12 rings (SSSR count). The van der Waals surface area contributed by atoms with Crippen molar-refractivity contribution in [2.75, 3.05) is 55.6 Å². The van der Waals surface area contributed by atoms with Crippen molar-refractivity contribution in [1.82, 2.24) is 50.5 Å². The van der Waals surface area contributed by atoms with E-state index in [0.29, 0.717) is 82.9 Å². The zero-order chi connectivity index (χ0) is 55.3. The molecule has 79 heavy (non-hydrogen) atoms. The summed E-state index contributed by atoms with van der Waals surface area (Å²) in [6.45, 7) is 4.09. The molecule has 0 atom stereocenters. The molecule has 4 aromatic carbocycles. The topological polar surface area (TPSA) is 234 Å². The predicted molar refractivity (Wildman–Crippen MR) is 295 cm³/mol. The summed E-state index contributed by atoms with van der Waals surface area (Å²) in [4.78, 5) is 90.0. The molecule has 0 saturated carbocycles. The van der Waals surface area contributed by atoms with Crippen LogP contribution in [0.4, 0.5) is 55.1 Å². The number of fused-ring (bicyclic) bond motifs is 12. The Morgan fingerprint density at radius 3 is 1.70 bits per heavy atom. The average Bonchev–Trinajstić information content (AvgIpc) is 3.49. The van der Waals surface area contributed by atoms with Gasteiger partial charge in [-0.2, -0.15) is 18.7 Å². The molecular formula is C58H54F2N14O5. The number of aromatic nitrogens is 6. The molecule has 0 radical (unpaired) electrons. The van der Waals surface area contributed by atoms with Crippen molar-refractivity contribution in [2.45, 2.75) is 46.1 Å². The Morgan fingerprint density at radius 1 is 0.595 bits per heavy atom. The van der Waals surface area contributed by atoms with E-state index in [1.54, 1.807) is 62.9 Å². The van der Waals surface area contributed by atoms with Crippen LogP contribution < -0.4 is 31.9 Å². The quantitative estimate of drug-likeness (QED) is 0.0696. The number of amides is 4. The standard InChI is InChI=1S/C58H54F2N14O5/c1-32-27-65-57-69-48-26-40(30-64-50(48)60)37-15-18-44(54(76)61-19-7-10-34-9-6-12-41(21-34)67-51(32)71-57)46(24-37)56(78)74(79-5)31-38-13-16-42-22-35(38)11-8-20-62-53(75)43-17-14-36(23-45(43)55(77)73(3)4)39-25-47(49(59)63-29-39)70-58-66-28-33(2)52(68-42)72-58/h6,9,12-18,21-30H,7-8,10-11,19-20,31H2,1-5H3,(H,61,76)(H,62,75)(H2,65,67,69,71)(H2,66,68,70,72). The number of hydroxylamine groups is 2. The number of benzene rings is 4. The number of carbonyl (C=O) groups is 4. The lowest BCUT2D eigenvalue weighted by Crippen LogP contribution is -2.33. The first-order chi connectivity index (χ1) is 38.2. The van der Waals surface area contributed by atoms with Gasteiger partial charge < -0.3 is 36.8 Å². The number of rotatable bonds is 5. The third-order valence-electron chi connectivity index (χ3n) is 13.4. The second kappa shape index (κ2) is 22.8. The lowest BCUT2D eigenvalue weighted by Gasteiger charge is -2.23. The van der Waals surface area contributed by atoms with Crippen molar-refractivity contribution in [3.63, 3.8) is 0 Å². The van der Waals surface area contributed by atoms with Gasteiger partial charge in [0.2, 0.25) is 23.8 Å². The minimum atomic E-state index is -0.815. The molecule has 8 heterocycles. The molecule has 0 spiro atoms. The van der Waals surface area contributed by atoms with Crippen LogP contribution in [-0.4, -0.2) is 97.8 Å². The maximum atomic E-state index is 15.5. The van der Waals surface area contributed by atoms with Crippen molar-refractivity contribution < 1.29 is 32.8 Å². The van der Waals surface area contributed by atoms with E-state index in [1.807, 2.05) is 56.3 Å². The lowest BCUT2D eigenvalue weighted by atomic mass is 9.97. The number of halogens is 2. The zero-order valence-electron chi connectivity index (χ0n) is 43.8. The van der Waals surface area contributed by atoms with E-state index in [1.165, 1.54) is 36.5 Å². The van der Waals surface area contributed by atoms with Crippen molar-refractivity contribution in [3.05, 3.63) is 178 Å². The highest BCUT2D eigenvalue weighted by Crippen LogP contribution is 2.32. The lowest BCUT2D eigenvalue weighted by molar-refractivity contribution is -0.102. The molecule has 21 heteroatoms. The molecule has 4 aromatic heterocycles. The zero-order valence-corrected chi connectivity index (χ0v) is 43.8. The second-order valence-corrected chi connectivity index (χ2v) is 19.2. The van der Waals surface area contributed by atoms with Gasteiger partial charge in [-0.15, -0.1) is 0 Å². The van der Waals surface area contributed by atoms with Crippen LogP contribution in [0.2, 0.25) is 0 Å². The molecule has 4 aliphatic rings. The van der Waals surface area contributed by atoms with Gasteiger partial charge in [-0.05, 0) is 128 Å². The van der Waals surface area contributed by atoms with Gasteiger partial charge in [0.25, 0.3) is 23.6 Å². The highest BCUT2D eigenvalue weighted by atomic mass is 19.1. The Kier molecular flexibility index (Phi) is 15.2. The first-order valence-corrected chi connectivity index (χ1v) is 25.4. The molecule has 4 amide bonds. The Labute approximate surface area is 453 Å². The SMILES string of the molecule is CON(Cc1ccc2cc1CCCNC(=O)c1ccc(cc1C(=O)N(C)C)-c1cnc(F)c(c1)Nc1ncc(C)c(n1)N2)C(=O)c1cc2ccc1C(=O)NCCCc1cccc(c1)Nc1nc(ncc1C)Nc1cc-2cnc1F. The van der Waals surface area contributed by atoms with E-state index in [4.69, 9.17) is 4.84 Å². The molecular weight excluding hydrogens is 1010 g/mol. The van der Waals surface area contributed by atoms with Crippen LogP contribution in [0.5, 0.6) is 0 Å². The van der Waals surface area contributed by atoms with E-state index in [0.717, 1.165) is 27.4 Å². The van der Waals surface area contributed by atoms with Gasteiger partial charge in [-0.25, -0.2) is 25.0 Å². The highest BCUT2D eigenvalue weighted by Gasteiger charge is 2.26. The number of carbonyl (C=O) groups excluding carboxylic acids is 4. The number of nitrogens with one attached hydrogen (secondary N) is 6. The van der Waals surface area contributed by atoms with Gasteiger partial charge in [-0.1, -0.05) is 30.3 Å². The molecule has 0 saturated heterocycles. The normalized spacial score (nSPS) is 13.3. The van der Waals surface area contributed by atoms with E-state index in [-0.39, 0.29) is 58.6 Å². The monoisotopic (exact) mass is 1060 g/mol. The minimum absolute atomic E-state index is 0.00349. The fourth-order valence-corrected chi connectivity index (χ4v) is 9.17. The maximum absolute atomic E-state index is 15.5. The predicted octanol–water partition coefficient (Wildman–Crippen LogP) is 9.52. The van der Waals surface area contributed by atoms with Crippen LogP contribution in [0.25, 0.3) is 22.3 Å². The molecule has 0 unspecified atom stereocenters. The number of pyridine rings is 2. The van der Waals surface area contributed by atoms with E-state index in [9.17, 15) is 14.4 Å². The third kappa shape index (κ3) is 11.8. The summed E-state index contributed by atoms with van der Waals surface area (Å²) in [5.41, 5.74) is 7.48. The molecule has 8 aromatic rings. The fraction of sp³-hybridized carbons (Fsp3) is 0.207. The van der Waals surface area contributed by atoms with E-state index >= 15 is 13.6 Å². The van der Waals surface area contributed by atoms with Gasteiger partial charge in [0.05, 0.1) is 47.3 Å². The van der Waals surface area contributed by atoms with Crippen LogP contribution in [-0.2, 0) is 24.2 Å². The summed E-state index contributed by atoms with van der Waals surface area (Å²) < 4.78 is 30.8. The summed E-state index contributed by atoms with van der Waals surface area (Å²) >= 11 is 0. The summed E-state index contributed by atoms with van der Waals surface area (Å²) in [7, 11) is 4.53. The van der Waals surface area contributed by atoms with Crippen molar-refractivity contribution in [1.29, 1.82) is 0 Å². The molecule has 16 bridgehead atoms. The highest BCUT2D eigenvalue weighted by molar-refractivity contribution is 6.09. The van der Waals surface area contributed by atoms with Gasteiger partial charge in [0.1, 0.15) is 11.6 Å². The first kappa shape index (κ1) is 52.7. The van der Waals surface area contributed by atoms with Crippen LogP contribution >= 0.6 is 0 Å². The van der Waals surface area contributed by atoms with Crippen molar-refractivity contribution >= 4 is 69.9 Å².